The monoisotopic (exact) mass is 928 g/mol. The van der Waals surface area contributed by atoms with Crippen LogP contribution in [0, 0.1) is 0 Å². The molecule has 0 fully saturated rings. The molecular weight excluding hydrogens is 815 g/mol. The number of aliphatic hydroxyl groups is 2. The maximum atomic E-state index is 12.5. The van der Waals surface area contributed by atoms with Gasteiger partial charge in [0, 0.05) is 12.8 Å². The van der Waals surface area contributed by atoms with E-state index in [4.69, 9.17) is 4.74 Å². The van der Waals surface area contributed by atoms with E-state index in [-0.39, 0.29) is 18.5 Å². The van der Waals surface area contributed by atoms with E-state index in [1.807, 2.05) is 6.08 Å². The van der Waals surface area contributed by atoms with Gasteiger partial charge < -0.3 is 20.3 Å². The largest absolute Gasteiger partial charge is 0.466 e. The first-order valence-electron chi connectivity index (χ1n) is 29.3. The topological polar surface area (TPSA) is 95.9 Å². The van der Waals surface area contributed by atoms with Gasteiger partial charge in [-0.25, -0.2) is 0 Å². The molecule has 0 saturated heterocycles. The van der Waals surface area contributed by atoms with E-state index in [0.717, 1.165) is 64.2 Å². The number of rotatable bonds is 54. The zero-order chi connectivity index (χ0) is 47.9. The Morgan fingerprint density at radius 1 is 0.424 bits per heavy atom. The molecule has 0 spiro atoms. The van der Waals surface area contributed by atoms with E-state index in [2.05, 4.69) is 43.5 Å². The van der Waals surface area contributed by atoms with Crippen LogP contribution in [0.15, 0.2) is 36.5 Å². The Morgan fingerprint density at radius 2 is 0.758 bits per heavy atom. The van der Waals surface area contributed by atoms with Crippen LogP contribution in [0.25, 0.3) is 0 Å². The Kier molecular flexibility index (Phi) is 54.1. The number of amides is 1. The minimum absolute atomic E-state index is 0.0183. The summed E-state index contributed by atoms with van der Waals surface area (Å²) in [7, 11) is 0. The first kappa shape index (κ1) is 64.1. The van der Waals surface area contributed by atoms with Crippen LogP contribution in [0.2, 0.25) is 0 Å². The van der Waals surface area contributed by atoms with Gasteiger partial charge in [-0.1, -0.05) is 269 Å². The van der Waals surface area contributed by atoms with Crippen LogP contribution in [0.1, 0.15) is 309 Å². The second-order valence-electron chi connectivity index (χ2n) is 20.0. The number of esters is 1. The van der Waals surface area contributed by atoms with Gasteiger partial charge in [0.2, 0.25) is 5.91 Å². The third-order valence-electron chi connectivity index (χ3n) is 13.4. The third kappa shape index (κ3) is 51.5. The minimum atomic E-state index is -0.856. The summed E-state index contributed by atoms with van der Waals surface area (Å²) < 4.78 is 5.47. The molecule has 1 amide bonds. The van der Waals surface area contributed by atoms with Crippen LogP contribution in [-0.2, 0) is 14.3 Å². The Bertz CT molecular complexity index is 1070. The molecule has 0 aromatic heterocycles. The quantitative estimate of drug-likeness (QED) is 0.0321. The number of allylic oxidation sites excluding steroid dienone is 5. The van der Waals surface area contributed by atoms with Gasteiger partial charge in [-0.05, 0) is 64.2 Å². The number of carbonyl (C=O) groups is 2. The van der Waals surface area contributed by atoms with Gasteiger partial charge in [0.15, 0.2) is 0 Å². The molecule has 388 valence electrons. The van der Waals surface area contributed by atoms with E-state index < -0.39 is 12.1 Å². The number of carbonyl (C=O) groups excluding carboxylic acids is 2. The second kappa shape index (κ2) is 55.7. The van der Waals surface area contributed by atoms with Gasteiger partial charge >= 0.3 is 5.97 Å². The molecular formula is C60H113NO5. The van der Waals surface area contributed by atoms with E-state index >= 15 is 0 Å². The van der Waals surface area contributed by atoms with E-state index in [9.17, 15) is 19.8 Å². The molecule has 0 aliphatic rings. The second-order valence-corrected chi connectivity index (χ2v) is 20.0. The van der Waals surface area contributed by atoms with Crippen molar-refractivity contribution in [3.63, 3.8) is 0 Å². The van der Waals surface area contributed by atoms with E-state index in [1.165, 1.54) is 218 Å². The van der Waals surface area contributed by atoms with Gasteiger partial charge in [0.05, 0.1) is 25.4 Å². The van der Waals surface area contributed by atoms with Gasteiger partial charge in [0.1, 0.15) is 0 Å². The molecule has 0 heterocycles. The number of hydrogen-bond donors (Lipinski definition) is 3. The highest BCUT2D eigenvalue weighted by molar-refractivity contribution is 5.76. The maximum absolute atomic E-state index is 12.5. The number of ether oxygens (including phenoxy) is 1. The fraction of sp³-hybridized carbons (Fsp3) is 0.867. The predicted octanol–water partition coefficient (Wildman–Crippen LogP) is 18.0. The van der Waals surface area contributed by atoms with Crippen LogP contribution in [0.5, 0.6) is 0 Å². The third-order valence-corrected chi connectivity index (χ3v) is 13.4. The average molecular weight is 929 g/mol. The predicted molar refractivity (Wildman–Crippen MR) is 287 cm³/mol. The lowest BCUT2D eigenvalue weighted by Crippen LogP contribution is -2.45. The van der Waals surface area contributed by atoms with Crippen LogP contribution < -0.4 is 5.32 Å². The number of unbranched alkanes of at least 4 members (excludes halogenated alkanes) is 39. The minimum Gasteiger partial charge on any atom is -0.466 e. The Balaban J connectivity index is 3.49. The molecule has 3 N–H and O–H groups in total. The van der Waals surface area contributed by atoms with Gasteiger partial charge in [0.25, 0.3) is 0 Å². The number of nitrogens with one attached hydrogen (secondary N) is 1. The summed E-state index contributed by atoms with van der Waals surface area (Å²) in [5.41, 5.74) is 0. The van der Waals surface area contributed by atoms with Crippen molar-refractivity contribution in [3.05, 3.63) is 36.5 Å². The SMILES string of the molecule is CCCCC/C=C\C/C=C\CCCCCCCCCC(=O)OCCCCCCCCCCCCCCC(=O)NC(CO)C(O)/C=C/CCCCCCCCCCCCCCCCCCCC. The summed E-state index contributed by atoms with van der Waals surface area (Å²) in [6.07, 6.45) is 68.7. The summed E-state index contributed by atoms with van der Waals surface area (Å²) in [6, 6.07) is -0.641. The van der Waals surface area contributed by atoms with Crippen molar-refractivity contribution in [2.24, 2.45) is 0 Å². The fourth-order valence-electron chi connectivity index (χ4n) is 8.90. The van der Waals surface area contributed by atoms with Crippen molar-refractivity contribution in [1.82, 2.24) is 5.32 Å². The number of aliphatic hydroxyl groups excluding tert-OH is 2. The van der Waals surface area contributed by atoms with Crippen molar-refractivity contribution in [3.8, 4) is 0 Å². The normalized spacial score (nSPS) is 12.8. The van der Waals surface area contributed by atoms with Crippen LogP contribution in [0.3, 0.4) is 0 Å². The summed E-state index contributed by atoms with van der Waals surface area (Å²) in [5.74, 6) is -0.100. The molecule has 0 aliphatic carbocycles. The fourth-order valence-corrected chi connectivity index (χ4v) is 8.90. The first-order valence-corrected chi connectivity index (χ1v) is 29.3. The van der Waals surface area contributed by atoms with Crippen molar-refractivity contribution < 1.29 is 24.5 Å². The zero-order valence-electron chi connectivity index (χ0n) is 44.2. The van der Waals surface area contributed by atoms with Crippen LogP contribution in [-0.4, -0.2) is 47.4 Å². The summed E-state index contributed by atoms with van der Waals surface area (Å²) in [4.78, 5) is 24.6. The summed E-state index contributed by atoms with van der Waals surface area (Å²) >= 11 is 0. The van der Waals surface area contributed by atoms with Gasteiger partial charge in [-0.3, -0.25) is 9.59 Å². The highest BCUT2D eigenvalue weighted by Crippen LogP contribution is 2.17. The molecule has 0 rings (SSSR count). The highest BCUT2D eigenvalue weighted by atomic mass is 16.5. The zero-order valence-corrected chi connectivity index (χ0v) is 44.2. The molecule has 0 aromatic carbocycles. The molecule has 0 bridgehead atoms. The van der Waals surface area contributed by atoms with E-state index in [0.29, 0.717) is 19.4 Å². The molecule has 0 saturated carbocycles. The molecule has 6 heteroatoms. The van der Waals surface area contributed by atoms with Crippen molar-refractivity contribution in [1.29, 1.82) is 0 Å². The first-order chi connectivity index (χ1) is 32.5. The molecule has 0 radical (unpaired) electrons. The van der Waals surface area contributed by atoms with E-state index in [1.54, 1.807) is 6.08 Å². The molecule has 66 heavy (non-hydrogen) atoms. The van der Waals surface area contributed by atoms with Gasteiger partial charge in [-0.15, -0.1) is 0 Å². The van der Waals surface area contributed by atoms with Crippen LogP contribution in [0.4, 0.5) is 0 Å². The Labute approximate surface area is 411 Å². The number of hydrogen-bond acceptors (Lipinski definition) is 5. The Morgan fingerprint density at radius 3 is 1.18 bits per heavy atom. The van der Waals surface area contributed by atoms with Crippen molar-refractivity contribution >= 4 is 11.9 Å². The average Bonchev–Trinajstić information content (AvgIpc) is 3.32. The molecule has 2 unspecified atom stereocenters. The van der Waals surface area contributed by atoms with Crippen molar-refractivity contribution in [2.45, 2.75) is 321 Å². The highest BCUT2D eigenvalue weighted by Gasteiger charge is 2.18. The Hall–Kier alpha value is -1.92. The lowest BCUT2D eigenvalue weighted by atomic mass is 10.0. The lowest BCUT2D eigenvalue weighted by Gasteiger charge is -2.20. The standard InChI is InChI=1S/C60H113NO5/c1-3-5-7-9-11-13-15-17-19-21-22-23-25-26-28-32-36-40-44-48-52-58(63)57(56-62)61-59(64)53-49-45-41-37-33-30-31-35-39-43-47-51-55-66-60(65)54-50-46-42-38-34-29-27-24-20-18-16-14-12-10-8-6-4-2/h12,14,18,20,48,52,57-58,62-63H,3-11,13,15-17,19,21-47,49-51,53-56H2,1-2H3,(H,61,64)/b14-12-,20-18-,52-48+. The molecule has 2 atom stereocenters. The van der Waals surface area contributed by atoms with Gasteiger partial charge in [-0.2, -0.15) is 0 Å². The summed E-state index contributed by atoms with van der Waals surface area (Å²) in [6.45, 7) is 4.85. The lowest BCUT2D eigenvalue weighted by molar-refractivity contribution is -0.143. The maximum Gasteiger partial charge on any atom is 0.305 e. The molecule has 0 aliphatic heterocycles. The molecule has 6 nitrogen and oxygen atoms in total. The summed E-state index contributed by atoms with van der Waals surface area (Å²) in [5, 5.41) is 23.2. The van der Waals surface area contributed by atoms with Crippen molar-refractivity contribution in [2.75, 3.05) is 13.2 Å². The van der Waals surface area contributed by atoms with Crippen LogP contribution >= 0.6 is 0 Å². The smallest absolute Gasteiger partial charge is 0.305 e. The molecule has 0 aromatic rings.